The van der Waals surface area contributed by atoms with Crippen LogP contribution in [0.4, 0.5) is 5.82 Å². The van der Waals surface area contributed by atoms with E-state index in [4.69, 9.17) is 0 Å². The molecule has 0 radical (unpaired) electrons. The number of benzene rings is 2. The van der Waals surface area contributed by atoms with Crippen molar-refractivity contribution in [2.75, 3.05) is 25.0 Å². The average molecular weight is 427 g/mol. The number of fused-ring (bicyclic) bond motifs is 1. The summed E-state index contributed by atoms with van der Waals surface area (Å²) in [5, 5.41) is 1.04. The number of rotatable bonds is 7. The van der Waals surface area contributed by atoms with Crippen LogP contribution in [0.5, 0.6) is 0 Å². The molecule has 0 bridgehead atoms. The summed E-state index contributed by atoms with van der Waals surface area (Å²) in [6.07, 6.45) is 6.19. The van der Waals surface area contributed by atoms with Gasteiger partial charge < -0.3 is 9.80 Å². The Morgan fingerprint density at radius 1 is 0.938 bits per heavy atom. The lowest BCUT2D eigenvalue weighted by molar-refractivity contribution is 0.0779. The number of hydrogen-bond acceptors (Lipinski definition) is 6. The molecule has 0 saturated carbocycles. The van der Waals surface area contributed by atoms with Crippen LogP contribution in [0.1, 0.15) is 29.9 Å². The van der Waals surface area contributed by atoms with Gasteiger partial charge in [0.1, 0.15) is 17.8 Å². The molecule has 1 amide bonds. The summed E-state index contributed by atoms with van der Waals surface area (Å²) in [6.45, 7) is 6.50. The van der Waals surface area contributed by atoms with Crippen molar-refractivity contribution in [1.29, 1.82) is 0 Å². The molecule has 0 fully saturated rings. The van der Waals surface area contributed by atoms with Gasteiger partial charge in [0, 0.05) is 44.5 Å². The predicted molar refractivity (Wildman–Crippen MR) is 126 cm³/mol. The van der Waals surface area contributed by atoms with Crippen LogP contribution < -0.4 is 4.90 Å². The molecule has 4 aromatic rings. The van der Waals surface area contributed by atoms with Crippen LogP contribution in [-0.2, 0) is 6.54 Å². The number of anilines is 1. The van der Waals surface area contributed by atoms with E-state index in [1.54, 1.807) is 24.5 Å². The first-order chi connectivity index (χ1) is 15.6. The second-order valence-electron chi connectivity index (χ2n) is 7.55. The van der Waals surface area contributed by atoms with Crippen molar-refractivity contribution < 1.29 is 4.79 Å². The fraction of sp³-hybridized carbons (Fsp3) is 0.240. The van der Waals surface area contributed by atoms with Crippen molar-refractivity contribution in [2.24, 2.45) is 0 Å². The Morgan fingerprint density at radius 2 is 1.75 bits per heavy atom. The summed E-state index contributed by atoms with van der Waals surface area (Å²) in [7, 11) is 1.77. The smallest absolute Gasteiger partial charge is 0.274 e. The Kier molecular flexibility index (Phi) is 6.35. The maximum Gasteiger partial charge on any atom is 0.274 e. The monoisotopic (exact) mass is 426 g/mol. The van der Waals surface area contributed by atoms with Crippen LogP contribution in [0.25, 0.3) is 22.0 Å². The first-order valence-electron chi connectivity index (χ1n) is 10.7. The lowest BCUT2D eigenvalue weighted by atomic mass is 10.0. The van der Waals surface area contributed by atoms with Crippen LogP contribution in [-0.4, -0.2) is 50.9 Å². The Labute approximate surface area is 187 Å². The number of amides is 1. The summed E-state index contributed by atoms with van der Waals surface area (Å²) in [5.41, 5.74) is 4.47. The number of carbonyl (C=O) groups excluding carboxylic acids is 1. The largest absolute Gasteiger partial charge is 0.357 e. The normalized spacial score (nSPS) is 10.8. The minimum Gasteiger partial charge on any atom is -0.357 e. The summed E-state index contributed by atoms with van der Waals surface area (Å²) in [6, 6.07) is 14.5. The van der Waals surface area contributed by atoms with E-state index in [9.17, 15) is 4.79 Å². The summed E-state index contributed by atoms with van der Waals surface area (Å²) in [4.78, 5) is 33.6. The molecule has 7 heteroatoms. The zero-order chi connectivity index (χ0) is 22.5. The quantitative estimate of drug-likeness (QED) is 0.441. The van der Waals surface area contributed by atoms with Crippen LogP contribution in [0.2, 0.25) is 0 Å². The fourth-order valence-corrected chi connectivity index (χ4v) is 3.80. The summed E-state index contributed by atoms with van der Waals surface area (Å²) in [5.74, 6) is 0.794. The molecule has 0 N–H and O–H groups in total. The zero-order valence-corrected chi connectivity index (χ0v) is 18.6. The zero-order valence-electron chi connectivity index (χ0n) is 18.6. The molecule has 0 atom stereocenters. The van der Waals surface area contributed by atoms with Gasteiger partial charge in [-0.25, -0.2) is 15.0 Å². The Hall–Kier alpha value is -3.87. The van der Waals surface area contributed by atoms with E-state index in [-0.39, 0.29) is 5.91 Å². The predicted octanol–water partition coefficient (Wildman–Crippen LogP) is 4.21. The third-order valence-electron chi connectivity index (χ3n) is 5.49. The molecule has 32 heavy (non-hydrogen) atoms. The van der Waals surface area contributed by atoms with Gasteiger partial charge in [0.25, 0.3) is 5.91 Å². The van der Waals surface area contributed by atoms with Crippen molar-refractivity contribution in [3.63, 3.8) is 0 Å². The molecule has 4 rings (SSSR count). The van der Waals surface area contributed by atoms with Crippen molar-refractivity contribution in [3.8, 4) is 11.1 Å². The van der Waals surface area contributed by atoms with Gasteiger partial charge in [0.15, 0.2) is 0 Å². The van der Waals surface area contributed by atoms with Gasteiger partial charge >= 0.3 is 0 Å². The first-order valence-corrected chi connectivity index (χ1v) is 10.7. The highest BCUT2D eigenvalue weighted by atomic mass is 16.2. The summed E-state index contributed by atoms with van der Waals surface area (Å²) < 4.78 is 0. The fourth-order valence-electron chi connectivity index (χ4n) is 3.80. The molecule has 2 heterocycles. The second kappa shape index (κ2) is 9.51. The molecule has 0 spiro atoms. The maximum atomic E-state index is 12.6. The standard InChI is InChI=1S/C25H26N6O/c1-4-31(5-2)24-21-14-20(9-10-22(21)28-17-29-24)19-8-6-7-18(13-19)16-30(3)25(32)23-15-26-11-12-27-23/h6-15,17H,4-5,16H2,1-3H3. The van der Waals surface area contributed by atoms with E-state index < -0.39 is 0 Å². The molecule has 162 valence electrons. The number of aromatic nitrogens is 4. The lowest BCUT2D eigenvalue weighted by Crippen LogP contribution is -2.27. The Balaban J connectivity index is 1.63. The van der Waals surface area contributed by atoms with Crippen molar-refractivity contribution in [2.45, 2.75) is 20.4 Å². The Morgan fingerprint density at radius 3 is 2.50 bits per heavy atom. The van der Waals surface area contributed by atoms with Crippen LogP contribution in [0.15, 0.2) is 67.4 Å². The second-order valence-corrected chi connectivity index (χ2v) is 7.55. The summed E-state index contributed by atoms with van der Waals surface area (Å²) >= 11 is 0. The molecular weight excluding hydrogens is 400 g/mol. The van der Waals surface area contributed by atoms with E-state index in [2.05, 4.69) is 62.9 Å². The van der Waals surface area contributed by atoms with Crippen molar-refractivity contribution >= 4 is 22.6 Å². The van der Waals surface area contributed by atoms with Crippen molar-refractivity contribution in [3.05, 3.63) is 78.6 Å². The van der Waals surface area contributed by atoms with Gasteiger partial charge in [-0.2, -0.15) is 0 Å². The van der Waals surface area contributed by atoms with Gasteiger partial charge in [0.05, 0.1) is 11.7 Å². The van der Waals surface area contributed by atoms with Gasteiger partial charge in [-0.05, 0) is 48.7 Å². The SMILES string of the molecule is CCN(CC)c1ncnc2ccc(-c3cccc(CN(C)C(=O)c4cnccn4)c3)cc12. The molecule has 7 nitrogen and oxygen atoms in total. The van der Waals surface area contributed by atoms with Crippen LogP contribution in [0, 0.1) is 0 Å². The van der Waals surface area contributed by atoms with Gasteiger partial charge in [0.2, 0.25) is 0 Å². The molecule has 0 aliphatic heterocycles. The van der Waals surface area contributed by atoms with Gasteiger partial charge in [-0.3, -0.25) is 9.78 Å². The highest BCUT2D eigenvalue weighted by molar-refractivity contribution is 5.93. The lowest BCUT2D eigenvalue weighted by Gasteiger charge is -2.21. The number of hydrogen-bond donors (Lipinski definition) is 0. The van der Waals surface area contributed by atoms with Crippen molar-refractivity contribution in [1.82, 2.24) is 24.8 Å². The molecule has 2 aromatic heterocycles. The molecule has 0 unspecified atom stereocenters. The Bertz CT molecular complexity index is 1220. The third kappa shape index (κ3) is 4.42. The number of carbonyl (C=O) groups is 1. The van der Waals surface area contributed by atoms with Crippen LogP contribution >= 0.6 is 0 Å². The third-order valence-corrected chi connectivity index (χ3v) is 5.49. The molecular formula is C25H26N6O. The average Bonchev–Trinajstić information content (AvgIpc) is 2.85. The van der Waals surface area contributed by atoms with Gasteiger partial charge in [-0.15, -0.1) is 0 Å². The van der Waals surface area contributed by atoms with Gasteiger partial charge in [-0.1, -0.05) is 24.3 Å². The molecule has 0 aliphatic carbocycles. The minimum atomic E-state index is -0.157. The van der Waals surface area contributed by atoms with E-state index in [0.717, 1.165) is 46.5 Å². The molecule has 2 aromatic carbocycles. The molecule has 0 aliphatic rings. The van der Waals surface area contributed by atoms with E-state index in [1.807, 2.05) is 18.2 Å². The van der Waals surface area contributed by atoms with E-state index >= 15 is 0 Å². The number of nitrogens with zero attached hydrogens (tertiary/aromatic N) is 6. The highest BCUT2D eigenvalue weighted by Crippen LogP contribution is 2.29. The van der Waals surface area contributed by atoms with Crippen LogP contribution in [0.3, 0.4) is 0 Å². The molecule has 0 saturated heterocycles. The van der Waals surface area contributed by atoms with E-state index in [0.29, 0.717) is 12.2 Å². The topological polar surface area (TPSA) is 75.1 Å². The minimum absolute atomic E-state index is 0.157. The van der Waals surface area contributed by atoms with E-state index in [1.165, 1.54) is 12.4 Å². The maximum absolute atomic E-state index is 12.6. The first kappa shape index (κ1) is 21.4. The highest BCUT2D eigenvalue weighted by Gasteiger charge is 2.14.